The number of anilines is 1. The van der Waals surface area contributed by atoms with Crippen molar-refractivity contribution in [2.45, 2.75) is 64.4 Å². The molecule has 1 unspecified atom stereocenters. The van der Waals surface area contributed by atoms with Crippen molar-refractivity contribution in [1.82, 2.24) is 9.21 Å². The summed E-state index contributed by atoms with van der Waals surface area (Å²) >= 11 is 0. The molecule has 0 spiro atoms. The summed E-state index contributed by atoms with van der Waals surface area (Å²) in [6, 6.07) is 4.58. The summed E-state index contributed by atoms with van der Waals surface area (Å²) < 4.78 is 33.2. The molecule has 2 aliphatic rings. The Bertz CT molecular complexity index is 939. The van der Waals surface area contributed by atoms with Crippen molar-refractivity contribution in [1.29, 1.82) is 0 Å². The minimum absolute atomic E-state index is 0.113. The summed E-state index contributed by atoms with van der Waals surface area (Å²) in [5, 5.41) is 2.89. The summed E-state index contributed by atoms with van der Waals surface area (Å²) in [5.41, 5.74) is 0.336. The second-order valence-corrected chi connectivity index (χ2v) is 10.7. The molecule has 1 saturated heterocycles. The van der Waals surface area contributed by atoms with Crippen LogP contribution in [0.25, 0.3) is 0 Å². The van der Waals surface area contributed by atoms with Crippen molar-refractivity contribution >= 4 is 27.5 Å². The number of carbonyl (C=O) groups excluding carboxylic acids is 2. The van der Waals surface area contributed by atoms with E-state index in [4.69, 9.17) is 4.74 Å². The van der Waals surface area contributed by atoms with E-state index < -0.39 is 10.0 Å². The Balaban J connectivity index is 1.82. The average molecular weight is 466 g/mol. The lowest BCUT2D eigenvalue weighted by Crippen LogP contribution is -2.44. The van der Waals surface area contributed by atoms with Gasteiger partial charge < -0.3 is 15.0 Å². The van der Waals surface area contributed by atoms with Gasteiger partial charge in [0.25, 0.3) is 0 Å². The monoisotopic (exact) mass is 465 g/mol. The van der Waals surface area contributed by atoms with Crippen LogP contribution in [0, 0.1) is 11.8 Å². The van der Waals surface area contributed by atoms with Gasteiger partial charge in [-0.2, -0.15) is 4.31 Å². The molecule has 0 bridgehead atoms. The number of benzene rings is 1. The van der Waals surface area contributed by atoms with E-state index in [-0.39, 0.29) is 34.6 Å². The number of hydrogen-bond acceptors (Lipinski definition) is 5. The topological polar surface area (TPSA) is 96.0 Å². The number of ether oxygens (including phenoxy) is 1. The van der Waals surface area contributed by atoms with E-state index in [1.165, 1.54) is 16.4 Å². The predicted molar refractivity (Wildman–Crippen MR) is 123 cm³/mol. The Hall–Kier alpha value is -2.13. The van der Waals surface area contributed by atoms with Crippen LogP contribution in [0.4, 0.5) is 5.69 Å². The highest BCUT2D eigenvalue weighted by atomic mass is 32.2. The molecule has 9 heteroatoms. The van der Waals surface area contributed by atoms with E-state index in [9.17, 15) is 18.0 Å². The zero-order valence-electron chi connectivity index (χ0n) is 19.5. The van der Waals surface area contributed by atoms with Crippen LogP contribution in [0.2, 0.25) is 0 Å². The van der Waals surface area contributed by atoms with Crippen molar-refractivity contribution in [3.8, 4) is 5.75 Å². The first kappa shape index (κ1) is 24.5. The third-order valence-electron chi connectivity index (χ3n) is 5.95. The molecule has 1 aromatic rings. The number of nitrogens with one attached hydrogen (secondary N) is 1. The molecule has 1 saturated carbocycles. The smallest absolute Gasteiger partial charge is 0.243 e. The van der Waals surface area contributed by atoms with Crippen molar-refractivity contribution in [3.63, 3.8) is 0 Å². The molecule has 1 aromatic carbocycles. The van der Waals surface area contributed by atoms with Crippen molar-refractivity contribution < 1.29 is 22.7 Å². The first-order valence-corrected chi connectivity index (χ1v) is 13.0. The molecule has 0 aromatic heterocycles. The Kier molecular flexibility index (Phi) is 7.82. The molecule has 8 nitrogen and oxygen atoms in total. The molecule has 1 aliphatic heterocycles. The largest absolute Gasteiger partial charge is 0.489 e. The summed E-state index contributed by atoms with van der Waals surface area (Å²) in [6.45, 7) is 9.13. The van der Waals surface area contributed by atoms with Gasteiger partial charge in [0.05, 0.1) is 22.6 Å². The van der Waals surface area contributed by atoms with Crippen molar-refractivity contribution in [2.24, 2.45) is 11.8 Å². The van der Waals surface area contributed by atoms with Crippen LogP contribution in [-0.2, 0) is 19.6 Å². The van der Waals surface area contributed by atoms with Gasteiger partial charge in [0.15, 0.2) is 0 Å². The van der Waals surface area contributed by atoms with Crippen LogP contribution in [-0.4, -0.2) is 61.7 Å². The number of carbonyl (C=O) groups is 2. The molecular weight excluding hydrogens is 430 g/mol. The summed E-state index contributed by atoms with van der Waals surface area (Å²) in [4.78, 5) is 27.5. The maximum absolute atomic E-state index is 13.1. The molecule has 3 rings (SSSR count). The van der Waals surface area contributed by atoms with E-state index in [1.54, 1.807) is 24.8 Å². The summed E-state index contributed by atoms with van der Waals surface area (Å²) in [7, 11) is -3.68. The highest BCUT2D eigenvalue weighted by molar-refractivity contribution is 7.89. The lowest BCUT2D eigenvalue weighted by molar-refractivity contribution is -0.135. The summed E-state index contributed by atoms with van der Waals surface area (Å²) in [5.74, 6) is 0.155. The Morgan fingerprint density at radius 3 is 2.44 bits per heavy atom. The Morgan fingerprint density at radius 1 is 1.16 bits per heavy atom. The number of amides is 2. The summed E-state index contributed by atoms with van der Waals surface area (Å²) in [6.07, 6.45) is 3.21. The van der Waals surface area contributed by atoms with Crippen LogP contribution in [0.3, 0.4) is 0 Å². The quantitative estimate of drug-likeness (QED) is 0.605. The van der Waals surface area contributed by atoms with Gasteiger partial charge in [-0.05, 0) is 57.7 Å². The second-order valence-electron chi connectivity index (χ2n) is 8.80. The van der Waals surface area contributed by atoms with Crippen LogP contribution in [0.5, 0.6) is 5.75 Å². The second kappa shape index (κ2) is 10.2. The van der Waals surface area contributed by atoms with Gasteiger partial charge in [-0.25, -0.2) is 8.42 Å². The van der Waals surface area contributed by atoms with Gasteiger partial charge in [0, 0.05) is 32.1 Å². The molecule has 2 fully saturated rings. The number of piperidine rings is 1. The highest BCUT2D eigenvalue weighted by Crippen LogP contribution is 2.34. The normalized spacial score (nSPS) is 19.3. The molecule has 1 aliphatic carbocycles. The lowest BCUT2D eigenvalue weighted by Gasteiger charge is -2.32. The SMILES string of the molecule is CCN(CC)S(=O)(=O)c1ccc(OC(C)C)c(NC(=O)C2CCCN(C(=O)C3CC3)C2)c1. The van der Waals surface area contributed by atoms with Crippen molar-refractivity contribution in [2.75, 3.05) is 31.5 Å². The number of hydrogen-bond donors (Lipinski definition) is 1. The van der Waals surface area contributed by atoms with Gasteiger partial charge in [0.2, 0.25) is 21.8 Å². The fraction of sp³-hybridized carbons (Fsp3) is 0.652. The molecule has 1 atom stereocenters. The van der Waals surface area contributed by atoms with Gasteiger partial charge in [0.1, 0.15) is 5.75 Å². The third-order valence-corrected chi connectivity index (χ3v) is 7.99. The van der Waals surface area contributed by atoms with Gasteiger partial charge in [-0.15, -0.1) is 0 Å². The van der Waals surface area contributed by atoms with E-state index in [0.29, 0.717) is 44.0 Å². The molecule has 178 valence electrons. The number of nitrogens with zero attached hydrogens (tertiary/aromatic N) is 2. The standard InChI is InChI=1S/C23H35N3O5S/c1-5-26(6-2)32(29,30)19-11-12-21(31-16(3)4)20(14-19)24-22(27)18-8-7-13-25(15-18)23(28)17-9-10-17/h11-12,14,16-18H,5-10,13,15H2,1-4H3,(H,24,27). The van der Waals surface area contributed by atoms with E-state index >= 15 is 0 Å². The number of sulfonamides is 1. The molecule has 0 radical (unpaired) electrons. The molecule has 2 amide bonds. The minimum atomic E-state index is -3.68. The molecular formula is C23H35N3O5S. The van der Waals surface area contributed by atoms with Gasteiger partial charge >= 0.3 is 0 Å². The average Bonchev–Trinajstić information content (AvgIpc) is 3.60. The van der Waals surface area contributed by atoms with Crippen LogP contribution in [0.1, 0.15) is 53.4 Å². The van der Waals surface area contributed by atoms with Crippen LogP contribution in [0.15, 0.2) is 23.1 Å². The van der Waals surface area contributed by atoms with E-state index in [0.717, 1.165) is 19.3 Å². The maximum Gasteiger partial charge on any atom is 0.243 e. The minimum Gasteiger partial charge on any atom is -0.489 e. The van der Waals surface area contributed by atoms with Gasteiger partial charge in [-0.1, -0.05) is 13.8 Å². The molecule has 32 heavy (non-hydrogen) atoms. The molecule has 1 heterocycles. The van der Waals surface area contributed by atoms with Crippen LogP contribution < -0.4 is 10.1 Å². The fourth-order valence-electron chi connectivity index (χ4n) is 4.05. The molecule has 1 N–H and O–H groups in total. The van der Waals surface area contributed by atoms with E-state index in [2.05, 4.69) is 5.32 Å². The first-order valence-electron chi connectivity index (χ1n) is 11.6. The lowest BCUT2D eigenvalue weighted by atomic mass is 9.96. The predicted octanol–water partition coefficient (Wildman–Crippen LogP) is 3.09. The first-order chi connectivity index (χ1) is 15.2. The van der Waals surface area contributed by atoms with Gasteiger partial charge in [-0.3, -0.25) is 9.59 Å². The zero-order chi connectivity index (χ0) is 23.5. The maximum atomic E-state index is 13.1. The number of likely N-dealkylation sites (tertiary alicyclic amines) is 1. The van der Waals surface area contributed by atoms with E-state index in [1.807, 2.05) is 13.8 Å². The fourth-order valence-corrected chi connectivity index (χ4v) is 5.54. The van der Waals surface area contributed by atoms with Crippen LogP contribution >= 0.6 is 0 Å². The Labute approximate surface area is 191 Å². The third kappa shape index (κ3) is 5.61. The number of rotatable bonds is 9. The van der Waals surface area contributed by atoms with Crippen molar-refractivity contribution in [3.05, 3.63) is 18.2 Å². The highest BCUT2D eigenvalue weighted by Gasteiger charge is 2.37. The zero-order valence-corrected chi connectivity index (χ0v) is 20.3. The Morgan fingerprint density at radius 2 is 1.84 bits per heavy atom.